The quantitative estimate of drug-likeness (QED) is 0.835. The molecule has 0 aromatic carbocycles. The van der Waals surface area contributed by atoms with Gasteiger partial charge >= 0.3 is 0 Å². The lowest BCUT2D eigenvalue weighted by molar-refractivity contribution is 0.333. The first-order valence-electron chi connectivity index (χ1n) is 5.00. The average molecular weight is 231 g/mol. The summed E-state index contributed by atoms with van der Waals surface area (Å²) in [4.78, 5) is 1.17. The number of rotatable bonds is 4. The van der Waals surface area contributed by atoms with E-state index in [9.17, 15) is 0 Å². The molecule has 0 spiro atoms. The molecular weight excluding hydrogens is 216 g/mol. The lowest BCUT2D eigenvalue weighted by Gasteiger charge is -2.27. The smallest absolute Gasteiger partial charge is 0.0931 e. The molecule has 14 heavy (non-hydrogen) atoms. The minimum atomic E-state index is 0.0908. The van der Waals surface area contributed by atoms with E-state index in [1.807, 2.05) is 12.1 Å². The highest BCUT2D eigenvalue weighted by molar-refractivity contribution is 7.16. The molecule has 0 saturated heterocycles. The standard InChI is InChI=1S/C10H15ClN2S/c11-10-5-4-9(14-10)8(12)6-13-7-2-1-3-7/h4-5,7-8,13H,1-3,6,12H2. The summed E-state index contributed by atoms with van der Waals surface area (Å²) in [5.41, 5.74) is 6.02. The van der Waals surface area contributed by atoms with Crippen LogP contribution in [0.5, 0.6) is 0 Å². The summed E-state index contributed by atoms with van der Waals surface area (Å²) >= 11 is 7.42. The Labute approximate surface area is 93.4 Å². The maximum atomic E-state index is 6.02. The second-order valence-corrected chi connectivity index (χ2v) is 5.53. The lowest BCUT2D eigenvalue weighted by Crippen LogP contribution is -2.39. The van der Waals surface area contributed by atoms with Crippen molar-refractivity contribution >= 4 is 22.9 Å². The van der Waals surface area contributed by atoms with E-state index in [1.165, 1.54) is 24.1 Å². The largest absolute Gasteiger partial charge is 0.322 e. The van der Waals surface area contributed by atoms with Crippen LogP contribution in [0.4, 0.5) is 0 Å². The van der Waals surface area contributed by atoms with Gasteiger partial charge in [0.2, 0.25) is 0 Å². The van der Waals surface area contributed by atoms with Gasteiger partial charge in [-0.05, 0) is 25.0 Å². The second-order valence-electron chi connectivity index (χ2n) is 3.78. The summed E-state index contributed by atoms with van der Waals surface area (Å²) in [7, 11) is 0. The predicted octanol–water partition coefficient (Wildman–Crippen LogP) is 2.54. The zero-order valence-corrected chi connectivity index (χ0v) is 9.57. The van der Waals surface area contributed by atoms with Gasteiger partial charge in [-0.2, -0.15) is 0 Å². The van der Waals surface area contributed by atoms with E-state index >= 15 is 0 Å². The summed E-state index contributed by atoms with van der Waals surface area (Å²) in [6.07, 6.45) is 3.97. The molecule has 3 N–H and O–H groups in total. The third-order valence-corrected chi connectivity index (χ3v) is 4.05. The van der Waals surface area contributed by atoms with Gasteiger partial charge in [-0.3, -0.25) is 0 Å². The molecule has 2 nitrogen and oxygen atoms in total. The van der Waals surface area contributed by atoms with E-state index in [0.717, 1.165) is 10.9 Å². The molecule has 1 unspecified atom stereocenters. The van der Waals surface area contributed by atoms with Gasteiger partial charge < -0.3 is 11.1 Å². The van der Waals surface area contributed by atoms with Gasteiger partial charge in [0.1, 0.15) is 0 Å². The first kappa shape index (κ1) is 10.4. The van der Waals surface area contributed by atoms with Crippen LogP contribution in [0.1, 0.15) is 30.2 Å². The molecule has 1 aliphatic carbocycles. The summed E-state index contributed by atoms with van der Waals surface area (Å²) in [5.74, 6) is 0. The molecular formula is C10H15ClN2S. The fourth-order valence-corrected chi connectivity index (χ4v) is 2.60. The van der Waals surface area contributed by atoms with Crippen LogP contribution in [-0.2, 0) is 0 Å². The first-order valence-corrected chi connectivity index (χ1v) is 6.19. The zero-order chi connectivity index (χ0) is 9.97. The van der Waals surface area contributed by atoms with Crippen molar-refractivity contribution in [1.29, 1.82) is 0 Å². The number of halogens is 1. The Balaban J connectivity index is 1.79. The van der Waals surface area contributed by atoms with E-state index in [1.54, 1.807) is 11.3 Å². The van der Waals surface area contributed by atoms with Gasteiger partial charge in [0, 0.05) is 17.5 Å². The van der Waals surface area contributed by atoms with Crippen molar-refractivity contribution in [2.75, 3.05) is 6.54 Å². The SMILES string of the molecule is NC(CNC1CCC1)c1ccc(Cl)s1. The topological polar surface area (TPSA) is 38.0 Å². The maximum Gasteiger partial charge on any atom is 0.0931 e. The molecule has 1 aromatic rings. The van der Waals surface area contributed by atoms with Crippen LogP contribution in [-0.4, -0.2) is 12.6 Å². The Morgan fingerprint density at radius 1 is 1.57 bits per heavy atom. The molecule has 1 aliphatic rings. The van der Waals surface area contributed by atoms with Crippen LogP contribution in [0.15, 0.2) is 12.1 Å². The van der Waals surface area contributed by atoms with Crippen LogP contribution in [0.3, 0.4) is 0 Å². The summed E-state index contributed by atoms with van der Waals surface area (Å²) in [5, 5.41) is 3.47. The van der Waals surface area contributed by atoms with E-state index in [-0.39, 0.29) is 6.04 Å². The molecule has 1 saturated carbocycles. The van der Waals surface area contributed by atoms with Crippen molar-refractivity contribution in [2.45, 2.75) is 31.3 Å². The minimum absolute atomic E-state index is 0.0908. The zero-order valence-electron chi connectivity index (χ0n) is 8.00. The fraction of sp³-hybridized carbons (Fsp3) is 0.600. The number of hydrogen-bond donors (Lipinski definition) is 2. The first-order chi connectivity index (χ1) is 6.75. The van der Waals surface area contributed by atoms with Crippen molar-refractivity contribution < 1.29 is 0 Å². The van der Waals surface area contributed by atoms with Gasteiger partial charge in [-0.1, -0.05) is 18.0 Å². The monoisotopic (exact) mass is 230 g/mol. The highest BCUT2D eigenvalue weighted by atomic mass is 35.5. The Kier molecular flexibility index (Phi) is 3.44. The average Bonchev–Trinajstić information content (AvgIpc) is 2.49. The molecule has 2 rings (SSSR count). The molecule has 1 atom stereocenters. The fourth-order valence-electron chi connectivity index (χ4n) is 1.53. The van der Waals surface area contributed by atoms with E-state index in [4.69, 9.17) is 17.3 Å². The van der Waals surface area contributed by atoms with Crippen LogP contribution < -0.4 is 11.1 Å². The predicted molar refractivity (Wildman–Crippen MR) is 61.9 cm³/mol. The number of hydrogen-bond acceptors (Lipinski definition) is 3. The lowest BCUT2D eigenvalue weighted by atomic mass is 9.93. The Morgan fingerprint density at radius 3 is 2.86 bits per heavy atom. The highest BCUT2D eigenvalue weighted by Crippen LogP contribution is 2.26. The molecule has 1 heterocycles. The van der Waals surface area contributed by atoms with Gasteiger partial charge in [0.25, 0.3) is 0 Å². The van der Waals surface area contributed by atoms with E-state index in [2.05, 4.69) is 5.32 Å². The van der Waals surface area contributed by atoms with Crippen molar-refractivity contribution in [1.82, 2.24) is 5.32 Å². The molecule has 1 aromatic heterocycles. The maximum absolute atomic E-state index is 6.02. The van der Waals surface area contributed by atoms with Gasteiger partial charge in [0.15, 0.2) is 0 Å². The van der Waals surface area contributed by atoms with Crippen molar-refractivity contribution in [3.8, 4) is 0 Å². The third-order valence-electron chi connectivity index (χ3n) is 2.69. The Bertz CT molecular complexity index is 296. The van der Waals surface area contributed by atoms with Gasteiger partial charge in [-0.25, -0.2) is 0 Å². The summed E-state index contributed by atoms with van der Waals surface area (Å²) in [6, 6.07) is 4.72. The molecule has 0 bridgehead atoms. The number of thiophene rings is 1. The van der Waals surface area contributed by atoms with Gasteiger partial charge in [0.05, 0.1) is 10.4 Å². The molecule has 4 heteroatoms. The normalized spacial score (nSPS) is 19.3. The van der Waals surface area contributed by atoms with E-state index < -0.39 is 0 Å². The van der Waals surface area contributed by atoms with Crippen molar-refractivity contribution in [3.05, 3.63) is 21.3 Å². The van der Waals surface area contributed by atoms with Crippen LogP contribution in [0, 0.1) is 0 Å². The Morgan fingerprint density at radius 2 is 2.36 bits per heavy atom. The summed E-state index contributed by atoms with van der Waals surface area (Å²) < 4.78 is 0.819. The molecule has 78 valence electrons. The Hall–Kier alpha value is -0.0900. The highest BCUT2D eigenvalue weighted by Gasteiger charge is 2.18. The molecule has 0 aliphatic heterocycles. The third kappa shape index (κ3) is 2.48. The molecule has 1 fully saturated rings. The molecule has 0 amide bonds. The molecule has 0 radical (unpaired) electrons. The van der Waals surface area contributed by atoms with Crippen LogP contribution >= 0.6 is 22.9 Å². The van der Waals surface area contributed by atoms with Gasteiger partial charge in [-0.15, -0.1) is 11.3 Å². The van der Waals surface area contributed by atoms with Crippen LogP contribution in [0.25, 0.3) is 0 Å². The second kappa shape index (κ2) is 4.62. The number of nitrogens with one attached hydrogen (secondary N) is 1. The van der Waals surface area contributed by atoms with E-state index in [0.29, 0.717) is 6.04 Å². The minimum Gasteiger partial charge on any atom is -0.322 e. The number of nitrogens with two attached hydrogens (primary N) is 1. The van der Waals surface area contributed by atoms with Crippen molar-refractivity contribution in [3.63, 3.8) is 0 Å². The summed E-state index contributed by atoms with van der Waals surface area (Å²) in [6.45, 7) is 0.863. The van der Waals surface area contributed by atoms with Crippen LogP contribution in [0.2, 0.25) is 4.34 Å². The van der Waals surface area contributed by atoms with Crippen molar-refractivity contribution in [2.24, 2.45) is 5.73 Å².